The van der Waals surface area contributed by atoms with E-state index in [9.17, 15) is 22.8 Å². The number of ether oxygens (including phenoxy) is 1. The normalized spacial score (nSPS) is 18.2. The van der Waals surface area contributed by atoms with E-state index in [-0.39, 0.29) is 24.9 Å². The van der Waals surface area contributed by atoms with E-state index >= 15 is 0 Å². The van der Waals surface area contributed by atoms with Gasteiger partial charge in [0.05, 0.1) is 5.69 Å². The lowest BCUT2D eigenvalue weighted by molar-refractivity contribution is -0.160. The number of piperazine rings is 1. The molecule has 1 aliphatic heterocycles. The van der Waals surface area contributed by atoms with Crippen LogP contribution < -0.4 is 5.32 Å². The monoisotopic (exact) mass is 388 g/mol. The highest BCUT2D eigenvalue weighted by atomic mass is 19.4. The van der Waals surface area contributed by atoms with Crippen molar-refractivity contribution in [2.45, 2.75) is 32.1 Å². The lowest BCUT2D eigenvalue weighted by Gasteiger charge is -2.39. The maximum atomic E-state index is 12.3. The van der Waals surface area contributed by atoms with Gasteiger partial charge in [0, 0.05) is 51.4 Å². The molecule has 1 aromatic heterocycles. The second-order valence-corrected chi connectivity index (χ2v) is 6.36. The van der Waals surface area contributed by atoms with Gasteiger partial charge in [-0.1, -0.05) is 6.07 Å². The molecular weight excluding hydrogens is 365 g/mol. The summed E-state index contributed by atoms with van der Waals surface area (Å²) in [4.78, 5) is 31.7. The Hall–Kier alpha value is -2.36. The van der Waals surface area contributed by atoms with Gasteiger partial charge in [-0.2, -0.15) is 13.2 Å². The summed E-state index contributed by atoms with van der Waals surface area (Å²) in [6.07, 6.45) is -4.01. The Labute approximate surface area is 155 Å². The molecule has 1 N–H and O–H groups in total. The van der Waals surface area contributed by atoms with Gasteiger partial charge in [0.1, 0.15) is 0 Å². The van der Waals surface area contributed by atoms with Crippen molar-refractivity contribution in [3.63, 3.8) is 0 Å². The molecule has 1 aromatic rings. The Morgan fingerprint density at radius 2 is 2.11 bits per heavy atom. The molecule has 2 amide bonds. The van der Waals surface area contributed by atoms with Gasteiger partial charge in [0.15, 0.2) is 6.61 Å². The zero-order chi connectivity index (χ0) is 19.9. The highest BCUT2D eigenvalue weighted by Gasteiger charge is 2.30. The molecule has 0 radical (unpaired) electrons. The van der Waals surface area contributed by atoms with E-state index in [0.29, 0.717) is 26.2 Å². The molecule has 1 aliphatic rings. The van der Waals surface area contributed by atoms with Crippen LogP contribution in [0.4, 0.5) is 18.0 Å². The van der Waals surface area contributed by atoms with E-state index in [1.165, 1.54) is 0 Å². The lowest BCUT2D eigenvalue weighted by atomic mass is 10.1. The van der Waals surface area contributed by atoms with Crippen LogP contribution in [0, 0.1) is 0 Å². The highest BCUT2D eigenvalue weighted by Crippen LogP contribution is 2.15. The number of aromatic nitrogens is 1. The molecule has 0 aromatic carbocycles. The maximum absolute atomic E-state index is 12.3. The molecule has 1 atom stereocenters. The number of alkyl halides is 3. The Morgan fingerprint density at radius 3 is 2.74 bits per heavy atom. The first-order valence-electron chi connectivity index (χ1n) is 8.64. The SMILES string of the molecule is CC1CN(Cc2ccccn2)CCN1C(=O)CCNC(=O)OCC(F)(F)F. The van der Waals surface area contributed by atoms with Crippen LogP contribution in [0.5, 0.6) is 0 Å². The summed E-state index contributed by atoms with van der Waals surface area (Å²) in [6, 6.07) is 5.73. The Bertz CT molecular complexity index is 628. The van der Waals surface area contributed by atoms with Gasteiger partial charge in [0.2, 0.25) is 5.91 Å². The minimum Gasteiger partial charge on any atom is -0.440 e. The smallest absolute Gasteiger partial charge is 0.422 e. The number of carbonyl (C=O) groups is 2. The van der Waals surface area contributed by atoms with Crippen LogP contribution in [-0.2, 0) is 16.1 Å². The van der Waals surface area contributed by atoms with E-state index in [4.69, 9.17) is 0 Å². The van der Waals surface area contributed by atoms with Crippen molar-refractivity contribution in [2.75, 3.05) is 32.8 Å². The van der Waals surface area contributed by atoms with E-state index < -0.39 is 18.9 Å². The summed E-state index contributed by atoms with van der Waals surface area (Å²) in [5, 5.41) is 2.15. The highest BCUT2D eigenvalue weighted by molar-refractivity contribution is 5.77. The minimum atomic E-state index is -4.57. The number of carbonyl (C=O) groups excluding carboxylic acids is 2. The predicted molar refractivity (Wildman–Crippen MR) is 90.7 cm³/mol. The third-order valence-electron chi connectivity index (χ3n) is 4.12. The van der Waals surface area contributed by atoms with Crippen molar-refractivity contribution < 1.29 is 27.5 Å². The fourth-order valence-corrected chi connectivity index (χ4v) is 2.88. The quantitative estimate of drug-likeness (QED) is 0.804. The zero-order valence-electron chi connectivity index (χ0n) is 15.0. The molecule has 7 nitrogen and oxygen atoms in total. The summed E-state index contributed by atoms with van der Waals surface area (Å²) < 4.78 is 39.9. The summed E-state index contributed by atoms with van der Waals surface area (Å²) in [5.41, 5.74) is 0.964. The van der Waals surface area contributed by atoms with Crippen molar-refractivity contribution in [1.29, 1.82) is 0 Å². The van der Waals surface area contributed by atoms with Crippen LogP contribution >= 0.6 is 0 Å². The largest absolute Gasteiger partial charge is 0.440 e. The Kier molecular flexibility index (Phi) is 7.40. The molecule has 1 fully saturated rings. The topological polar surface area (TPSA) is 74.8 Å². The second-order valence-electron chi connectivity index (χ2n) is 6.36. The molecule has 1 unspecified atom stereocenters. The average Bonchev–Trinajstić information content (AvgIpc) is 2.60. The minimum absolute atomic E-state index is 0.00565. The lowest BCUT2D eigenvalue weighted by Crippen LogP contribution is -2.54. The number of nitrogens with one attached hydrogen (secondary N) is 1. The van der Waals surface area contributed by atoms with Gasteiger partial charge in [-0.05, 0) is 19.1 Å². The van der Waals surface area contributed by atoms with E-state index in [1.807, 2.05) is 25.1 Å². The molecule has 0 bridgehead atoms. The number of amides is 2. The molecule has 2 rings (SSSR count). The van der Waals surface area contributed by atoms with Crippen LogP contribution in [-0.4, -0.2) is 71.8 Å². The average molecular weight is 388 g/mol. The molecule has 2 heterocycles. The second kappa shape index (κ2) is 9.54. The summed E-state index contributed by atoms with van der Waals surface area (Å²) in [6.45, 7) is 2.87. The molecule has 10 heteroatoms. The van der Waals surface area contributed by atoms with Gasteiger partial charge in [-0.15, -0.1) is 0 Å². The first kappa shape index (κ1) is 20.9. The predicted octanol–water partition coefficient (Wildman–Crippen LogP) is 1.79. The number of pyridine rings is 1. The van der Waals surface area contributed by atoms with Crippen LogP contribution in [0.15, 0.2) is 24.4 Å². The van der Waals surface area contributed by atoms with Crippen molar-refractivity contribution in [1.82, 2.24) is 20.1 Å². The standard InChI is InChI=1S/C17H23F3N4O3/c1-13-10-23(11-14-4-2-3-6-21-14)8-9-24(13)15(25)5-7-22-16(26)27-12-17(18,19)20/h2-4,6,13H,5,7-12H2,1H3,(H,22,26). The molecule has 0 aliphatic carbocycles. The molecular formula is C17H23F3N4O3. The third-order valence-corrected chi connectivity index (χ3v) is 4.12. The van der Waals surface area contributed by atoms with Gasteiger partial charge in [0.25, 0.3) is 0 Å². The van der Waals surface area contributed by atoms with Crippen LogP contribution in [0.1, 0.15) is 19.0 Å². The number of rotatable bonds is 6. The third kappa shape index (κ3) is 7.41. The number of alkyl carbamates (subject to hydrolysis) is 1. The fraction of sp³-hybridized carbons (Fsp3) is 0.588. The van der Waals surface area contributed by atoms with Crippen LogP contribution in [0.2, 0.25) is 0 Å². The van der Waals surface area contributed by atoms with E-state index in [2.05, 4.69) is 19.9 Å². The van der Waals surface area contributed by atoms with Crippen LogP contribution in [0.25, 0.3) is 0 Å². The van der Waals surface area contributed by atoms with Gasteiger partial charge in [-0.3, -0.25) is 14.7 Å². The number of halogens is 3. The van der Waals surface area contributed by atoms with Crippen LogP contribution in [0.3, 0.4) is 0 Å². The maximum Gasteiger partial charge on any atom is 0.422 e. The first-order valence-corrected chi connectivity index (χ1v) is 8.64. The van der Waals surface area contributed by atoms with Gasteiger partial charge in [-0.25, -0.2) is 4.79 Å². The summed E-state index contributed by atoms with van der Waals surface area (Å²) in [5.74, 6) is -0.156. The van der Waals surface area contributed by atoms with Crippen molar-refractivity contribution in [3.05, 3.63) is 30.1 Å². The zero-order valence-corrected chi connectivity index (χ0v) is 15.0. The van der Waals surface area contributed by atoms with Crippen molar-refractivity contribution >= 4 is 12.0 Å². The molecule has 0 saturated carbocycles. The van der Waals surface area contributed by atoms with Gasteiger partial charge >= 0.3 is 12.3 Å². The molecule has 1 saturated heterocycles. The molecule has 27 heavy (non-hydrogen) atoms. The number of nitrogens with zero attached hydrogens (tertiary/aromatic N) is 3. The van der Waals surface area contributed by atoms with Gasteiger partial charge < -0.3 is 15.0 Å². The molecule has 0 spiro atoms. The Balaban J connectivity index is 1.69. The van der Waals surface area contributed by atoms with Crippen molar-refractivity contribution in [2.24, 2.45) is 0 Å². The van der Waals surface area contributed by atoms with Crippen molar-refractivity contribution in [3.8, 4) is 0 Å². The number of hydrogen-bond acceptors (Lipinski definition) is 5. The Morgan fingerprint density at radius 1 is 1.33 bits per heavy atom. The molecule has 150 valence electrons. The summed E-state index contributed by atoms with van der Waals surface area (Å²) >= 11 is 0. The fourth-order valence-electron chi connectivity index (χ4n) is 2.88. The first-order chi connectivity index (χ1) is 12.7. The summed E-state index contributed by atoms with van der Waals surface area (Å²) in [7, 11) is 0. The number of hydrogen-bond donors (Lipinski definition) is 1. The van der Waals surface area contributed by atoms with E-state index in [1.54, 1.807) is 11.1 Å². The van der Waals surface area contributed by atoms with E-state index in [0.717, 1.165) is 5.69 Å².